The minimum absolute atomic E-state index is 0.00627. The van der Waals surface area contributed by atoms with Crippen molar-refractivity contribution >= 4 is 11.8 Å². The second-order valence-corrected chi connectivity index (χ2v) is 8.76. The van der Waals surface area contributed by atoms with Crippen LogP contribution in [0, 0.1) is 12.3 Å². The van der Waals surface area contributed by atoms with Gasteiger partial charge in [0, 0.05) is 17.9 Å². The van der Waals surface area contributed by atoms with Crippen LogP contribution in [-0.4, -0.2) is 40.8 Å². The van der Waals surface area contributed by atoms with Crippen LogP contribution in [0.3, 0.4) is 0 Å². The zero-order chi connectivity index (χ0) is 24.2. The van der Waals surface area contributed by atoms with Crippen molar-refractivity contribution in [3.05, 3.63) is 59.8 Å². The summed E-state index contributed by atoms with van der Waals surface area (Å²) in [5.74, 6) is 0.183. The molecule has 1 aromatic heterocycles. The second-order valence-electron chi connectivity index (χ2n) is 8.76. The van der Waals surface area contributed by atoms with Crippen molar-refractivity contribution in [2.45, 2.75) is 40.0 Å². The second kappa shape index (κ2) is 9.85. The summed E-state index contributed by atoms with van der Waals surface area (Å²) in [6, 6.07) is 12.7. The maximum absolute atomic E-state index is 12.2. The number of carboxylic acids is 1. The summed E-state index contributed by atoms with van der Waals surface area (Å²) in [6.07, 6.45) is -0.194. The molecule has 0 aliphatic heterocycles. The third-order valence-electron chi connectivity index (χ3n) is 5.20. The van der Waals surface area contributed by atoms with Gasteiger partial charge >= 0.3 is 5.97 Å². The number of ether oxygens (including phenoxy) is 2. The average Bonchev–Trinajstić information content (AvgIpc) is 3.20. The molecule has 0 radical (unpaired) electrons. The molecule has 0 bridgehead atoms. The summed E-state index contributed by atoms with van der Waals surface area (Å²) in [6.45, 7) is 7.17. The van der Waals surface area contributed by atoms with Crippen molar-refractivity contribution in [1.29, 1.82) is 0 Å². The molecule has 0 fully saturated rings. The molecule has 1 heterocycles. The highest BCUT2D eigenvalue weighted by Crippen LogP contribution is 2.36. The average molecular weight is 453 g/mol. The Hall–Kier alpha value is -3.68. The molecule has 0 aliphatic carbocycles. The van der Waals surface area contributed by atoms with E-state index < -0.39 is 17.3 Å². The van der Waals surface area contributed by atoms with Gasteiger partial charge in [-0.1, -0.05) is 45.0 Å². The molecule has 0 saturated heterocycles. The molecule has 1 N–H and O–H groups in total. The lowest BCUT2D eigenvalue weighted by Crippen LogP contribution is -2.26. The van der Waals surface area contributed by atoms with Crippen LogP contribution in [-0.2, 0) is 9.59 Å². The molecule has 0 aliphatic rings. The zero-order valence-corrected chi connectivity index (χ0v) is 19.4. The SMILES string of the molecule is COc1ccc(OCC(=O)C(C)(C)C)cc1-c1cccc(C(CC(=O)O)c2nnc(C)o2)c1. The van der Waals surface area contributed by atoms with Crippen LogP contribution in [0.5, 0.6) is 11.5 Å². The number of aromatic nitrogens is 2. The van der Waals surface area contributed by atoms with Crippen LogP contribution in [0.15, 0.2) is 46.9 Å². The molecule has 0 amide bonds. The number of aryl methyl sites for hydroxylation is 1. The van der Waals surface area contributed by atoms with Crippen molar-refractivity contribution < 1.29 is 28.6 Å². The van der Waals surface area contributed by atoms with Crippen LogP contribution < -0.4 is 9.47 Å². The minimum Gasteiger partial charge on any atom is -0.496 e. The van der Waals surface area contributed by atoms with Gasteiger partial charge in [-0.2, -0.15) is 0 Å². The Balaban J connectivity index is 1.96. The summed E-state index contributed by atoms with van der Waals surface area (Å²) in [5, 5.41) is 17.3. The molecule has 1 atom stereocenters. The molecule has 3 rings (SSSR count). The Kier molecular flexibility index (Phi) is 7.16. The highest BCUT2D eigenvalue weighted by molar-refractivity contribution is 5.85. The van der Waals surface area contributed by atoms with Crippen LogP contribution >= 0.6 is 0 Å². The highest BCUT2D eigenvalue weighted by Gasteiger charge is 2.25. The number of carbonyl (C=O) groups excluding carboxylic acids is 1. The van der Waals surface area contributed by atoms with E-state index in [1.807, 2.05) is 45.0 Å². The van der Waals surface area contributed by atoms with Gasteiger partial charge in [0.15, 0.2) is 5.78 Å². The molecule has 8 heteroatoms. The van der Waals surface area contributed by atoms with Gasteiger partial charge in [-0.25, -0.2) is 0 Å². The number of methoxy groups -OCH3 is 1. The van der Waals surface area contributed by atoms with Crippen LogP contribution in [0.2, 0.25) is 0 Å². The number of hydrogen-bond acceptors (Lipinski definition) is 7. The van der Waals surface area contributed by atoms with Gasteiger partial charge in [-0.15, -0.1) is 10.2 Å². The fourth-order valence-electron chi connectivity index (χ4n) is 3.27. The van der Waals surface area contributed by atoms with Crippen molar-refractivity contribution in [3.8, 4) is 22.6 Å². The number of ketones is 1. The van der Waals surface area contributed by atoms with E-state index in [9.17, 15) is 14.7 Å². The predicted octanol–water partition coefficient (Wildman–Crippen LogP) is 4.65. The maximum Gasteiger partial charge on any atom is 0.304 e. The van der Waals surface area contributed by atoms with Crippen molar-refractivity contribution in [1.82, 2.24) is 10.2 Å². The summed E-state index contributed by atoms with van der Waals surface area (Å²) in [5.41, 5.74) is 1.77. The number of Topliss-reactive ketones (excluding diaryl/α,β-unsaturated/α-hetero) is 1. The van der Waals surface area contributed by atoms with Gasteiger partial charge in [0.05, 0.1) is 19.4 Å². The molecule has 8 nitrogen and oxygen atoms in total. The van der Waals surface area contributed by atoms with Crippen LogP contribution in [0.4, 0.5) is 0 Å². The number of carboxylic acid groups (broad SMARTS) is 1. The number of hydrogen-bond donors (Lipinski definition) is 1. The van der Waals surface area contributed by atoms with Crippen LogP contribution in [0.25, 0.3) is 11.1 Å². The van der Waals surface area contributed by atoms with Crippen molar-refractivity contribution in [2.75, 3.05) is 13.7 Å². The Morgan fingerprint density at radius 2 is 1.88 bits per heavy atom. The molecule has 0 spiro atoms. The number of nitrogens with zero attached hydrogens (tertiary/aromatic N) is 2. The van der Waals surface area contributed by atoms with Crippen molar-refractivity contribution in [2.24, 2.45) is 5.41 Å². The summed E-state index contributed by atoms with van der Waals surface area (Å²) >= 11 is 0. The molecule has 1 unspecified atom stereocenters. The van der Waals surface area contributed by atoms with E-state index in [0.717, 1.165) is 16.7 Å². The third kappa shape index (κ3) is 5.97. The van der Waals surface area contributed by atoms with E-state index in [1.54, 1.807) is 32.2 Å². The quantitative estimate of drug-likeness (QED) is 0.499. The molecule has 0 saturated carbocycles. The lowest BCUT2D eigenvalue weighted by molar-refractivity contribution is -0.137. The first-order chi connectivity index (χ1) is 15.6. The Morgan fingerprint density at radius 1 is 1.12 bits per heavy atom. The summed E-state index contributed by atoms with van der Waals surface area (Å²) < 4.78 is 16.8. The van der Waals surface area contributed by atoms with Gasteiger partial charge in [0.2, 0.25) is 11.8 Å². The van der Waals surface area contributed by atoms with E-state index in [0.29, 0.717) is 17.4 Å². The maximum atomic E-state index is 12.2. The fraction of sp³-hybridized carbons (Fsp3) is 0.360. The van der Waals surface area contributed by atoms with E-state index in [2.05, 4.69) is 10.2 Å². The fourth-order valence-corrected chi connectivity index (χ4v) is 3.27. The standard InChI is InChI=1S/C25H28N2O6/c1-15-26-27-24(33-15)20(13-23(29)30)17-8-6-7-16(11-17)19-12-18(9-10-21(19)31-5)32-14-22(28)25(2,3)4/h6-12,20H,13-14H2,1-5H3,(H,29,30). The number of benzene rings is 2. The van der Waals surface area contributed by atoms with Gasteiger partial charge in [0.1, 0.15) is 18.1 Å². The van der Waals surface area contributed by atoms with Gasteiger partial charge in [0.25, 0.3) is 0 Å². The van der Waals surface area contributed by atoms with E-state index >= 15 is 0 Å². The summed E-state index contributed by atoms with van der Waals surface area (Å²) in [4.78, 5) is 23.7. The number of carbonyl (C=O) groups is 2. The molecule has 174 valence electrons. The minimum atomic E-state index is -0.974. The normalized spacial score (nSPS) is 12.3. The predicted molar refractivity (Wildman–Crippen MR) is 122 cm³/mol. The van der Waals surface area contributed by atoms with E-state index in [4.69, 9.17) is 13.9 Å². The van der Waals surface area contributed by atoms with E-state index in [-0.39, 0.29) is 24.7 Å². The Bertz CT molecular complexity index is 1150. The van der Waals surface area contributed by atoms with Crippen molar-refractivity contribution in [3.63, 3.8) is 0 Å². The first-order valence-corrected chi connectivity index (χ1v) is 10.5. The van der Waals surface area contributed by atoms with Gasteiger partial charge < -0.3 is 19.0 Å². The third-order valence-corrected chi connectivity index (χ3v) is 5.20. The number of rotatable bonds is 9. The summed E-state index contributed by atoms with van der Waals surface area (Å²) in [7, 11) is 1.57. The highest BCUT2D eigenvalue weighted by atomic mass is 16.5. The molecule has 2 aromatic carbocycles. The molecular weight excluding hydrogens is 424 g/mol. The lowest BCUT2D eigenvalue weighted by atomic mass is 9.91. The number of aliphatic carboxylic acids is 1. The zero-order valence-electron chi connectivity index (χ0n) is 19.4. The Morgan fingerprint density at radius 3 is 2.48 bits per heavy atom. The first kappa shape index (κ1) is 24.0. The largest absolute Gasteiger partial charge is 0.496 e. The first-order valence-electron chi connectivity index (χ1n) is 10.5. The van der Waals surface area contributed by atoms with Gasteiger partial charge in [-0.3, -0.25) is 9.59 Å². The molecular formula is C25H28N2O6. The molecule has 3 aromatic rings. The molecule has 33 heavy (non-hydrogen) atoms. The smallest absolute Gasteiger partial charge is 0.304 e. The van der Waals surface area contributed by atoms with Gasteiger partial charge in [-0.05, 0) is 29.3 Å². The lowest BCUT2D eigenvalue weighted by Gasteiger charge is -2.18. The topological polar surface area (TPSA) is 112 Å². The monoisotopic (exact) mass is 452 g/mol. The van der Waals surface area contributed by atoms with E-state index in [1.165, 1.54) is 0 Å². The van der Waals surface area contributed by atoms with Crippen LogP contribution in [0.1, 0.15) is 50.5 Å². The Labute approximate surface area is 192 Å².